The Morgan fingerprint density at radius 3 is 2.40 bits per heavy atom. The molecule has 5 nitrogen and oxygen atoms in total. The molecule has 0 saturated heterocycles. The van der Waals surface area contributed by atoms with E-state index in [4.69, 9.17) is 4.98 Å². The summed E-state index contributed by atoms with van der Waals surface area (Å²) in [6.07, 6.45) is 3.59. The van der Waals surface area contributed by atoms with Crippen molar-refractivity contribution in [3.8, 4) is 0 Å². The van der Waals surface area contributed by atoms with Crippen LogP contribution < -0.4 is 5.32 Å². The maximum atomic E-state index is 13.1. The van der Waals surface area contributed by atoms with E-state index in [-0.39, 0.29) is 11.7 Å². The number of fused-ring (bicyclic) bond motifs is 1. The topological polar surface area (TPSA) is 59.8 Å². The highest BCUT2D eigenvalue weighted by Crippen LogP contribution is 2.27. The quantitative estimate of drug-likeness (QED) is 0.282. The lowest BCUT2D eigenvalue weighted by Gasteiger charge is -2.10. The van der Waals surface area contributed by atoms with Gasteiger partial charge in [-0.05, 0) is 47.0 Å². The van der Waals surface area contributed by atoms with Crippen molar-refractivity contribution in [1.82, 2.24) is 19.9 Å². The minimum Gasteiger partial charge on any atom is -0.348 e. The van der Waals surface area contributed by atoms with Crippen LogP contribution in [0, 0.1) is 5.82 Å². The number of pyridine rings is 1. The van der Waals surface area contributed by atoms with Gasteiger partial charge in [-0.15, -0.1) is 0 Å². The average molecular weight is 483 g/mol. The SMILES string of the molecule is O=C(NCc1ccc(F)cc1)c1ccc(Cn2c(SCc3ccccc3)nc3ccncc32)cc1. The third kappa shape index (κ3) is 5.58. The summed E-state index contributed by atoms with van der Waals surface area (Å²) in [5, 5.41) is 3.81. The van der Waals surface area contributed by atoms with Crippen LogP contribution in [0.3, 0.4) is 0 Å². The Hall–Kier alpha value is -3.97. The van der Waals surface area contributed by atoms with E-state index in [9.17, 15) is 9.18 Å². The molecule has 3 aromatic carbocycles. The van der Waals surface area contributed by atoms with Crippen LogP contribution in [-0.2, 0) is 18.8 Å². The first-order chi connectivity index (χ1) is 17.2. The molecule has 1 N–H and O–H groups in total. The van der Waals surface area contributed by atoms with E-state index >= 15 is 0 Å². The first-order valence-corrected chi connectivity index (χ1v) is 12.2. The maximum absolute atomic E-state index is 13.1. The molecule has 0 atom stereocenters. The molecule has 5 rings (SSSR count). The second-order valence-corrected chi connectivity index (χ2v) is 9.07. The lowest BCUT2D eigenvalue weighted by atomic mass is 10.1. The number of hydrogen-bond donors (Lipinski definition) is 1. The zero-order valence-electron chi connectivity index (χ0n) is 18.9. The van der Waals surface area contributed by atoms with Crippen LogP contribution in [0.2, 0.25) is 0 Å². The molecule has 0 aliphatic heterocycles. The molecule has 7 heteroatoms. The number of halogens is 1. The minimum absolute atomic E-state index is 0.169. The maximum Gasteiger partial charge on any atom is 0.251 e. The molecule has 0 aliphatic carbocycles. The molecule has 0 fully saturated rings. The van der Waals surface area contributed by atoms with Gasteiger partial charge in [0.1, 0.15) is 5.82 Å². The molecule has 0 aliphatic rings. The number of nitrogens with one attached hydrogen (secondary N) is 1. The number of nitrogens with zero attached hydrogens (tertiary/aromatic N) is 3. The molecule has 35 heavy (non-hydrogen) atoms. The van der Waals surface area contributed by atoms with Gasteiger partial charge in [0, 0.05) is 24.1 Å². The molecule has 0 spiro atoms. The van der Waals surface area contributed by atoms with E-state index in [1.807, 2.05) is 54.7 Å². The predicted molar refractivity (Wildman–Crippen MR) is 137 cm³/mol. The third-order valence-electron chi connectivity index (χ3n) is 5.65. The zero-order chi connectivity index (χ0) is 24.0. The van der Waals surface area contributed by atoms with Gasteiger partial charge in [0.05, 0.1) is 23.8 Å². The third-order valence-corrected chi connectivity index (χ3v) is 6.70. The second kappa shape index (κ2) is 10.5. The summed E-state index contributed by atoms with van der Waals surface area (Å²) in [5.41, 5.74) is 5.61. The Morgan fingerprint density at radius 2 is 1.63 bits per heavy atom. The van der Waals surface area contributed by atoms with E-state index in [2.05, 4.69) is 27.0 Å². The summed E-state index contributed by atoms with van der Waals surface area (Å²) in [7, 11) is 0. The van der Waals surface area contributed by atoms with Crippen molar-refractivity contribution >= 4 is 28.7 Å². The van der Waals surface area contributed by atoms with E-state index < -0.39 is 0 Å². The van der Waals surface area contributed by atoms with Crippen LogP contribution in [-0.4, -0.2) is 20.4 Å². The molecular formula is C28H23FN4OS. The molecule has 5 aromatic rings. The van der Waals surface area contributed by atoms with Crippen molar-refractivity contribution in [3.63, 3.8) is 0 Å². The van der Waals surface area contributed by atoms with Crippen molar-refractivity contribution in [1.29, 1.82) is 0 Å². The van der Waals surface area contributed by atoms with Gasteiger partial charge in [-0.25, -0.2) is 9.37 Å². The van der Waals surface area contributed by atoms with Gasteiger partial charge in [0.15, 0.2) is 5.16 Å². The number of thioether (sulfide) groups is 1. The zero-order valence-corrected chi connectivity index (χ0v) is 19.7. The number of imidazole rings is 1. The largest absolute Gasteiger partial charge is 0.348 e. The van der Waals surface area contributed by atoms with Gasteiger partial charge < -0.3 is 9.88 Å². The molecule has 174 valence electrons. The Bertz CT molecular complexity index is 1430. The molecule has 0 bridgehead atoms. The van der Waals surface area contributed by atoms with Gasteiger partial charge in [0.25, 0.3) is 5.91 Å². The average Bonchev–Trinajstić information content (AvgIpc) is 3.25. The van der Waals surface area contributed by atoms with E-state index in [1.54, 1.807) is 30.1 Å². The molecular weight excluding hydrogens is 459 g/mol. The van der Waals surface area contributed by atoms with Crippen molar-refractivity contribution in [2.75, 3.05) is 0 Å². The number of carbonyl (C=O) groups is 1. The van der Waals surface area contributed by atoms with Crippen LogP contribution in [0.15, 0.2) is 102 Å². The fraction of sp³-hybridized carbons (Fsp3) is 0.107. The summed E-state index contributed by atoms with van der Waals surface area (Å²) in [5.74, 6) is 0.362. The standard InChI is InChI=1S/C28H23FN4OS/c29-24-12-8-20(9-13-24)16-31-27(34)23-10-6-21(7-11-23)18-33-26-17-30-15-14-25(26)32-28(33)35-19-22-4-2-1-3-5-22/h1-15,17H,16,18-19H2,(H,31,34). The first-order valence-electron chi connectivity index (χ1n) is 11.2. The van der Waals surface area contributed by atoms with Crippen LogP contribution in [0.1, 0.15) is 27.0 Å². The lowest BCUT2D eigenvalue weighted by molar-refractivity contribution is 0.0951. The summed E-state index contributed by atoms with van der Waals surface area (Å²) in [6, 6.07) is 25.9. The Balaban J connectivity index is 1.29. The molecule has 2 aromatic heterocycles. The van der Waals surface area contributed by atoms with Crippen LogP contribution in [0.5, 0.6) is 0 Å². The summed E-state index contributed by atoms with van der Waals surface area (Å²) in [4.78, 5) is 21.7. The number of aromatic nitrogens is 3. The van der Waals surface area contributed by atoms with Crippen molar-refractivity contribution in [2.45, 2.75) is 24.0 Å². The molecule has 0 saturated carbocycles. The number of rotatable bonds is 8. The number of hydrogen-bond acceptors (Lipinski definition) is 4. The van der Waals surface area contributed by atoms with Crippen LogP contribution in [0.25, 0.3) is 11.0 Å². The number of amides is 1. The molecule has 0 radical (unpaired) electrons. The van der Waals surface area contributed by atoms with Crippen molar-refractivity contribution in [2.24, 2.45) is 0 Å². The van der Waals surface area contributed by atoms with Crippen molar-refractivity contribution < 1.29 is 9.18 Å². The highest BCUT2D eigenvalue weighted by molar-refractivity contribution is 7.98. The van der Waals surface area contributed by atoms with E-state index in [0.29, 0.717) is 18.7 Å². The fourth-order valence-electron chi connectivity index (χ4n) is 3.76. The smallest absolute Gasteiger partial charge is 0.251 e. The summed E-state index contributed by atoms with van der Waals surface area (Å²) >= 11 is 1.70. The van der Waals surface area contributed by atoms with Gasteiger partial charge in [-0.1, -0.05) is 66.4 Å². The monoisotopic (exact) mass is 482 g/mol. The number of carbonyl (C=O) groups excluding carboxylic acids is 1. The van der Waals surface area contributed by atoms with Gasteiger partial charge in [-0.2, -0.15) is 0 Å². The highest BCUT2D eigenvalue weighted by Gasteiger charge is 2.13. The lowest BCUT2D eigenvalue weighted by Crippen LogP contribution is -2.22. The molecule has 1 amide bonds. The van der Waals surface area contributed by atoms with Gasteiger partial charge in [-0.3, -0.25) is 9.78 Å². The van der Waals surface area contributed by atoms with E-state index in [1.165, 1.54) is 17.7 Å². The summed E-state index contributed by atoms with van der Waals surface area (Å²) in [6.45, 7) is 0.966. The Kier molecular flexibility index (Phi) is 6.86. The predicted octanol–water partition coefficient (Wildman–Crippen LogP) is 5.84. The van der Waals surface area contributed by atoms with Gasteiger partial charge >= 0.3 is 0 Å². The Labute approximate surface area is 207 Å². The first kappa shape index (κ1) is 22.8. The summed E-state index contributed by atoms with van der Waals surface area (Å²) < 4.78 is 15.2. The number of benzene rings is 3. The van der Waals surface area contributed by atoms with Crippen molar-refractivity contribution in [3.05, 3.63) is 125 Å². The van der Waals surface area contributed by atoms with Crippen LogP contribution >= 0.6 is 11.8 Å². The second-order valence-electron chi connectivity index (χ2n) is 8.13. The minimum atomic E-state index is -0.293. The fourth-order valence-corrected chi connectivity index (χ4v) is 4.73. The molecule has 0 unspecified atom stereocenters. The normalized spacial score (nSPS) is 11.0. The molecule has 2 heterocycles. The van der Waals surface area contributed by atoms with Crippen LogP contribution in [0.4, 0.5) is 4.39 Å². The highest BCUT2D eigenvalue weighted by atomic mass is 32.2. The van der Waals surface area contributed by atoms with E-state index in [0.717, 1.165) is 33.1 Å². The Morgan fingerprint density at radius 1 is 0.886 bits per heavy atom. The van der Waals surface area contributed by atoms with Gasteiger partial charge in [0.2, 0.25) is 0 Å².